The average Bonchev–Trinajstić information content (AvgIpc) is 3.08. The summed E-state index contributed by atoms with van der Waals surface area (Å²) in [6, 6.07) is 10.6. The minimum Gasteiger partial charge on any atom is -0.348 e. The van der Waals surface area contributed by atoms with Crippen molar-refractivity contribution in [3.05, 3.63) is 52.8 Å². The Balaban J connectivity index is 1.48. The summed E-state index contributed by atoms with van der Waals surface area (Å²) in [4.78, 5) is 14.7. The van der Waals surface area contributed by atoms with Crippen molar-refractivity contribution >= 4 is 5.91 Å². The van der Waals surface area contributed by atoms with Crippen LogP contribution in [0.1, 0.15) is 47.1 Å². The third-order valence-electron chi connectivity index (χ3n) is 4.82. The first-order chi connectivity index (χ1) is 11.7. The van der Waals surface area contributed by atoms with Gasteiger partial charge in [0.25, 0.3) is 5.91 Å². The lowest BCUT2D eigenvalue weighted by Gasteiger charge is -2.32. The van der Waals surface area contributed by atoms with Crippen molar-refractivity contribution in [1.29, 1.82) is 0 Å². The molecule has 2 aromatic rings. The molecule has 128 valence electrons. The number of hydrogen-bond donors (Lipinski definition) is 2. The molecule has 0 atom stereocenters. The van der Waals surface area contributed by atoms with Gasteiger partial charge in [0.05, 0.1) is 0 Å². The maximum atomic E-state index is 12.3. The van der Waals surface area contributed by atoms with Gasteiger partial charge in [-0.1, -0.05) is 31.2 Å². The molecule has 1 aliphatic rings. The van der Waals surface area contributed by atoms with E-state index in [2.05, 4.69) is 51.6 Å². The number of rotatable bonds is 5. The highest BCUT2D eigenvalue weighted by Gasteiger charge is 2.22. The second kappa shape index (κ2) is 7.62. The van der Waals surface area contributed by atoms with Crippen molar-refractivity contribution in [2.75, 3.05) is 13.1 Å². The summed E-state index contributed by atoms with van der Waals surface area (Å²) in [6.45, 7) is 7.22. The molecule has 1 amide bonds. The molecule has 0 radical (unpaired) electrons. The molecule has 24 heavy (non-hydrogen) atoms. The number of nitrogens with one attached hydrogen (secondary N) is 2. The third kappa shape index (κ3) is 4.03. The van der Waals surface area contributed by atoms with Gasteiger partial charge in [0.15, 0.2) is 0 Å². The van der Waals surface area contributed by atoms with Crippen LogP contribution in [0.2, 0.25) is 0 Å². The van der Waals surface area contributed by atoms with Gasteiger partial charge in [0, 0.05) is 31.4 Å². The van der Waals surface area contributed by atoms with Crippen LogP contribution in [0.5, 0.6) is 0 Å². The molecule has 1 aromatic heterocycles. The van der Waals surface area contributed by atoms with Gasteiger partial charge in [-0.25, -0.2) is 0 Å². The zero-order valence-electron chi connectivity index (χ0n) is 14.5. The van der Waals surface area contributed by atoms with Gasteiger partial charge >= 0.3 is 0 Å². The first-order valence-corrected chi connectivity index (χ1v) is 8.77. The number of benzene rings is 1. The Labute approximate surface area is 143 Å². The fraction of sp³-hybridized carbons (Fsp3) is 0.474. The van der Waals surface area contributed by atoms with Gasteiger partial charge in [-0.3, -0.25) is 14.8 Å². The predicted octanol–water partition coefficient (Wildman–Crippen LogP) is 2.67. The molecule has 5 nitrogen and oxygen atoms in total. The molecular formula is C19H26N4O. The molecular weight excluding hydrogens is 300 g/mol. The summed E-state index contributed by atoms with van der Waals surface area (Å²) >= 11 is 0. The maximum absolute atomic E-state index is 12.3. The quantitative estimate of drug-likeness (QED) is 0.888. The van der Waals surface area contributed by atoms with Crippen molar-refractivity contribution in [1.82, 2.24) is 20.4 Å². The van der Waals surface area contributed by atoms with Crippen molar-refractivity contribution in [2.45, 2.75) is 45.7 Å². The number of H-pyrrole nitrogens is 1. The summed E-state index contributed by atoms with van der Waals surface area (Å²) in [5.41, 5.74) is 4.23. The normalized spacial score (nSPS) is 16.2. The zero-order chi connectivity index (χ0) is 16.9. The molecule has 2 N–H and O–H groups in total. The molecule has 0 saturated carbocycles. The lowest BCUT2D eigenvalue weighted by atomic mass is 10.0. The van der Waals surface area contributed by atoms with Gasteiger partial charge in [0.1, 0.15) is 5.69 Å². The van der Waals surface area contributed by atoms with E-state index in [0.29, 0.717) is 5.69 Å². The van der Waals surface area contributed by atoms with E-state index in [1.807, 2.05) is 13.0 Å². The van der Waals surface area contributed by atoms with Gasteiger partial charge in [-0.2, -0.15) is 5.10 Å². The molecule has 0 bridgehead atoms. The Morgan fingerprint density at radius 3 is 2.75 bits per heavy atom. The van der Waals surface area contributed by atoms with E-state index in [9.17, 15) is 4.79 Å². The number of carbonyl (C=O) groups is 1. The van der Waals surface area contributed by atoms with E-state index in [1.54, 1.807) is 0 Å². The summed E-state index contributed by atoms with van der Waals surface area (Å²) in [5.74, 6) is -0.0664. The highest BCUT2D eigenvalue weighted by atomic mass is 16.2. The van der Waals surface area contributed by atoms with Crippen molar-refractivity contribution in [3.8, 4) is 0 Å². The van der Waals surface area contributed by atoms with E-state index >= 15 is 0 Å². The molecule has 5 heteroatoms. The fourth-order valence-electron chi connectivity index (χ4n) is 3.18. The summed E-state index contributed by atoms with van der Waals surface area (Å²) in [6.07, 6.45) is 2.84. The Morgan fingerprint density at radius 1 is 1.33 bits per heavy atom. The maximum Gasteiger partial charge on any atom is 0.271 e. The smallest absolute Gasteiger partial charge is 0.271 e. The van der Waals surface area contributed by atoms with E-state index < -0.39 is 0 Å². The highest BCUT2D eigenvalue weighted by molar-refractivity contribution is 5.92. The first-order valence-electron chi connectivity index (χ1n) is 8.77. The molecule has 1 fully saturated rings. The minimum absolute atomic E-state index is 0.0664. The summed E-state index contributed by atoms with van der Waals surface area (Å²) in [7, 11) is 0. The number of nitrogens with zero attached hydrogens (tertiary/aromatic N) is 2. The van der Waals surface area contributed by atoms with Crippen LogP contribution in [-0.2, 0) is 13.0 Å². The van der Waals surface area contributed by atoms with Crippen molar-refractivity contribution < 1.29 is 4.79 Å². The Hall–Kier alpha value is -2.14. The second-order valence-corrected chi connectivity index (χ2v) is 6.58. The van der Waals surface area contributed by atoms with Crippen molar-refractivity contribution in [3.63, 3.8) is 0 Å². The van der Waals surface area contributed by atoms with Gasteiger partial charge in [-0.15, -0.1) is 0 Å². The highest BCUT2D eigenvalue weighted by Crippen LogP contribution is 2.16. The molecule has 2 heterocycles. The van der Waals surface area contributed by atoms with Crippen LogP contribution in [0, 0.1) is 6.92 Å². The number of aryl methyl sites for hydroxylation is 2. The molecule has 3 rings (SSSR count). The molecule has 1 aliphatic heterocycles. The minimum atomic E-state index is -0.0664. The SMILES string of the molecule is CCc1cc(C(=O)NC2CCN(Cc3ccccc3C)CC2)n[nH]1. The summed E-state index contributed by atoms with van der Waals surface area (Å²) in [5, 5.41) is 10.1. The van der Waals surface area contributed by atoms with E-state index in [1.165, 1.54) is 11.1 Å². The Morgan fingerprint density at radius 2 is 2.08 bits per heavy atom. The number of amides is 1. The largest absolute Gasteiger partial charge is 0.348 e. The van der Waals surface area contributed by atoms with Crippen LogP contribution in [0.3, 0.4) is 0 Å². The second-order valence-electron chi connectivity index (χ2n) is 6.58. The first kappa shape index (κ1) is 16.7. The monoisotopic (exact) mass is 326 g/mol. The molecule has 1 saturated heterocycles. The van der Waals surface area contributed by atoms with Crippen LogP contribution in [0.4, 0.5) is 0 Å². The summed E-state index contributed by atoms with van der Waals surface area (Å²) < 4.78 is 0. The number of hydrogen-bond acceptors (Lipinski definition) is 3. The van der Waals surface area contributed by atoms with Crippen molar-refractivity contribution in [2.24, 2.45) is 0 Å². The number of aromatic nitrogens is 2. The van der Waals surface area contributed by atoms with Gasteiger partial charge < -0.3 is 5.32 Å². The fourth-order valence-corrected chi connectivity index (χ4v) is 3.18. The topological polar surface area (TPSA) is 61.0 Å². The van der Waals surface area contributed by atoms with Crippen LogP contribution in [0.25, 0.3) is 0 Å². The predicted molar refractivity (Wildman–Crippen MR) is 94.9 cm³/mol. The number of carbonyl (C=O) groups excluding carboxylic acids is 1. The molecule has 0 aliphatic carbocycles. The zero-order valence-corrected chi connectivity index (χ0v) is 14.5. The lowest BCUT2D eigenvalue weighted by molar-refractivity contribution is 0.0904. The number of likely N-dealkylation sites (tertiary alicyclic amines) is 1. The van der Waals surface area contributed by atoms with Crippen LogP contribution >= 0.6 is 0 Å². The molecule has 1 aromatic carbocycles. The number of piperidine rings is 1. The Kier molecular flexibility index (Phi) is 5.30. The third-order valence-corrected chi connectivity index (χ3v) is 4.82. The standard InChI is InChI=1S/C19H26N4O/c1-3-16-12-18(22-21-16)19(24)20-17-8-10-23(11-9-17)13-15-7-5-4-6-14(15)2/h4-7,12,17H,3,8-11,13H2,1-2H3,(H,20,24)(H,21,22). The van der Waals surface area contributed by atoms with Gasteiger partial charge in [0.2, 0.25) is 0 Å². The van der Waals surface area contributed by atoms with E-state index in [0.717, 1.165) is 44.6 Å². The molecule has 0 unspecified atom stereocenters. The number of aromatic amines is 1. The molecule has 0 spiro atoms. The van der Waals surface area contributed by atoms with Crippen LogP contribution < -0.4 is 5.32 Å². The van der Waals surface area contributed by atoms with Gasteiger partial charge in [-0.05, 0) is 43.4 Å². The Bertz CT molecular complexity index is 686. The lowest BCUT2D eigenvalue weighted by Crippen LogP contribution is -2.44. The van der Waals surface area contributed by atoms with E-state index in [-0.39, 0.29) is 11.9 Å². The van der Waals surface area contributed by atoms with E-state index in [4.69, 9.17) is 0 Å². The average molecular weight is 326 g/mol. The van der Waals surface area contributed by atoms with Crippen LogP contribution in [0.15, 0.2) is 30.3 Å². The van der Waals surface area contributed by atoms with Crippen LogP contribution in [-0.4, -0.2) is 40.1 Å².